The highest BCUT2D eigenvalue weighted by Crippen LogP contribution is 2.38. The maximum absolute atomic E-state index is 12.6. The van der Waals surface area contributed by atoms with Crippen LogP contribution in [-0.4, -0.2) is 49.7 Å². The monoisotopic (exact) mass is 336 g/mol. The van der Waals surface area contributed by atoms with E-state index in [2.05, 4.69) is 5.32 Å². The molecule has 2 heterocycles. The van der Waals surface area contributed by atoms with E-state index in [0.717, 1.165) is 11.3 Å². The van der Waals surface area contributed by atoms with Gasteiger partial charge in [0.05, 0.1) is 10.7 Å². The van der Waals surface area contributed by atoms with Crippen molar-refractivity contribution in [1.82, 2.24) is 4.90 Å². The molecule has 1 unspecified atom stereocenters. The van der Waals surface area contributed by atoms with Gasteiger partial charge in [-0.25, -0.2) is 8.42 Å². The number of sulfone groups is 1. The zero-order chi connectivity index (χ0) is 17.0. The maximum Gasteiger partial charge on any atom is 0.253 e. The van der Waals surface area contributed by atoms with E-state index in [9.17, 15) is 18.0 Å². The number of carbonyl (C=O) groups excluding carboxylic acids is 2. The number of fused-ring (bicyclic) bond motifs is 1. The lowest BCUT2D eigenvalue weighted by atomic mass is 9.85. The number of rotatable bonds is 2. The molecule has 1 atom stereocenters. The van der Waals surface area contributed by atoms with E-state index >= 15 is 0 Å². The van der Waals surface area contributed by atoms with Crippen LogP contribution in [0.2, 0.25) is 0 Å². The van der Waals surface area contributed by atoms with E-state index in [4.69, 9.17) is 0 Å². The fourth-order valence-electron chi connectivity index (χ4n) is 3.15. The molecule has 0 saturated carbocycles. The Morgan fingerprint density at radius 1 is 1.35 bits per heavy atom. The number of amides is 2. The Labute approximate surface area is 135 Å². The molecule has 7 heteroatoms. The molecule has 1 saturated heterocycles. The molecule has 23 heavy (non-hydrogen) atoms. The van der Waals surface area contributed by atoms with Crippen LogP contribution in [0.4, 0.5) is 5.69 Å². The largest absolute Gasteiger partial charge is 0.337 e. The number of carbonyl (C=O) groups is 2. The van der Waals surface area contributed by atoms with Gasteiger partial charge in [0.15, 0.2) is 9.84 Å². The van der Waals surface area contributed by atoms with Crippen LogP contribution in [0.1, 0.15) is 36.2 Å². The highest BCUT2D eigenvalue weighted by atomic mass is 32.2. The second-order valence-corrected chi connectivity index (χ2v) is 9.16. The molecule has 0 radical (unpaired) electrons. The van der Waals surface area contributed by atoms with E-state index in [-0.39, 0.29) is 18.4 Å². The van der Waals surface area contributed by atoms with Crippen molar-refractivity contribution in [2.24, 2.45) is 0 Å². The Morgan fingerprint density at radius 3 is 2.65 bits per heavy atom. The number of anilines is 1. The molecule has 1 N–H and O–H groups in total. The molecule has 0 aliphatic carbocycles. The minimum atomic E-state index is -3.14. The molecule has 0 spiro atoms. The highest BCUT2D eigenvalue weighted by molar-refractivity contribution is 7.91. The lowest BCUT2D eigenvalue weighted by Gasteiger charge is -2.19. The summed E-state index contributed by atoms with van der Waals surface area (Å²) in [5.74, 6) is -0.274. The molecule has 1 aromatic carbocycles. The van der Waals surface area contributed by atoms with Gasteiger partial charge in [-0.2, -0.15) is 0 Å². The first kappa shape index (κ1) is 16.0. The average Bonchev–Trinajstić information content (AvgIpc) is 3.03. The van der Waals surface area contributed by atoms with E-state index < -0.39 is 20.5 Å². The Bertz CT molecular complexity index is 798. The number of nitrogens with zero attached hydrogens (tertiary/aromatic N) is 1. The first-order valence-electron chi connectivity index (χ1n) is 7.55. The molecular weight excluding hydrogens is 316 g/mol. The van der Waals surface area contributed by atoms with Gasteiger partial charge in [-0.1, -0.05) is 0 Å². The van der Waals surface area contributed by atoms with Gasteiger partial charge in [0.1, 0.15) is 0 Å². The molecule has 2 aliphatic rings. The van der Waals surface area contributed by atoms with Crippen molar-refractivity contribution in [3.8, 4) is 0 Å². The van der Waals surface area contributed by atoms with Crippen LogP contribution in [0.3, 0.4) is 0 Å². The van der Waals surface area contributed by atoms with Crippen molar-refractivity contribution >= 4 is 27.3 Å². The Kier molecular flexibility index (Phi) is 3.51. The van der Waals surface area contributed by atoms with Gasteiger partial charge in [-0.15, -0.1) is 0 Å². The van der Waals surface area contributed by atoms with Crippen molar-refractivity contribution in [2.45, 2.75) is 30.9 Å². The molecule has 1 aromatic rings. The lowest BCUT2D eigenvalue weighted by Crippen LogP contribution is -2.32. The van der Waals surface area contributed by atoms with Crippen molar-refractivity contribution in [3.63, 3.8) is 0 Å². The van der Waals surface area contributed by atoms with Gasteiger partial charge in [-0.05, 0) is 44.0 Å². The third kappa shape index (κ3) is 2.63. The van der Waals surface area contributed by atoms with E-state index in [1.807, 2.05) is 13.8 Å². The normalized spacial score (nSPS) is 22.8. The Balaban J connectivity index is 1.86. The summed E-state index contributed by atoms with van der Waals surface area (Å²) in [7, 11) is -3.14. The molecular formula is C16H20N2O4S. The number of hydrogen-bond acceptors (Lipinski definition) is 4. The third-order valence-electron chi connectivity index (χ3n) is 4.79. The molecule has 3 rings (SSSR count). The predicted octanol–water partition coefficient (Wildman–Crippen LogP) is 1.18. The molecule has 0 aromatic heterocycles. The van der Waals surface area contributed by atoms with Gasteiger partial charge in [0, 0.05) is 30.6 Å². The van der Waals surface area contributed by atoms with Crippen LogP contribution in [-0.2, 0) is 20.0 Å². The fraction of sp³-hybridized carbons (Fsp3) is 0.500. The molecule has 2 aliphatic heterocycles. The van der Waals surface area contributed by atoms with E-state index in [1.165, 1.54) is 6.26 Å². The second kappa shape index (κ2) is 5.06. The van der Waals surface area contributed by atoms with Crippen molar-refractivity contribution < 1.29 is 18.0 Å². The van der Waals surface area contributed by atoms with Crippen LogP contribution >= 0.6 is 0 Å². The number of benzene rings is 1. The molecule has 2 amide bonds. The second-order valence-electron chi connectivity index (χ2n) is 6.83. The van der Waals surface area contributed by atoms with Crippen LogP contribution in [0.5, 0.6) is 0 Å². The van der Waals surface area contributed by atoms with Gasteiger partial charge < -0.3 is 10.2 Å². The number of nitrogens with one attached hydrogen (secondary N) is 1. The van der Waals surface area contributed by atoms with Crippen LogP contribution in [0.25, 0.3) is 0 Å². The third-order valence-corrected chi connectivity index (χ3v) is 6.39. The van der Waals surface area contributed by atoms with Gasteiger partial charge in [-0.3, -0.25) is 9.59 Å². The van der Waals surface area contributed by atoms with E-state index in [0.29, 0.717) is 18.5 Å². The average molecular weight is 336 g/mol. The quantitative estimate of drug-likeness (QED) is 0.879. The summed E-state index contributed by atoms with van der Waals surface area (Å²) in [5.41, 5.74) is 1.34. The molecule has 0 bridgehead atoms. The van der Waals surface area contributed by atoms with Crippen molar-refractivity contribution in [2.75, 3.05) is 24.7 Å². The number of hydrogen-bond donors (Lipinski definition) is 1. The Hall–Kier alpha value is -1.89. The molecule has 6 nitrogen and oxygen atoms in total. The standard InChI is InChI=1S/C16H20N2O4S/c1-16(2)12-8-10(4-5-13(12)17-15(16)20)14(19)18-7-6-11(9-18)23(3,21)22/h4-5,8,11H,6-7,9H2,1-3H3,(H,17,20). The van der Waals surface area contributed by atoms with Gasteiger partial charge in [0.2, 0.25) is 5.91 Å². The van der Waals surface area contributed by atoms with Crippen molar-refractivity contribution in [3.05, 3.63) is 29.3 Å². The summed E-state index contributed by atoms with van der Waals surface area (Å²) in [6.45, 7) is 4.31. The minimum absolute atomic E-state index is 0.0876. The topological polar surface area (TPSA) is 83.6 Å². The SMILES string of the molecule is CC1(C)C(=O)Nc2ccc(C(=O)N3CCC(S(C)(=O)=O)C3)cc21. The molecule has 1 fully saturated rings. The summed E-state index contributed by atoms with van der Waals surface area (Å²) in [6, 6.07) is 5.15. The number of likely N-dealkylation sites (tertiary alicyclic amines) is 1. The first-order valence-corrected chi connectivity index (χ1v) is 9.50. The summed E-state index contributed by atoms with van der Waals surface area (Å²) in [4.78, 5) is 26.2. The summed E-state index contributed by atoms with van der Waals surface area (Å²) in [6.07, 6.45) is 1.68. The zero-order valence-electron chi connectivity index (χ0n) is 13.4. The lowest BCUT2D eigenvalue weighted by molar-refractivity contribution is -0.119. The van der Waals surface area contributed by atoms with Crippen LogP contribution < -0.4 is 5.32 Å². The first-order chi connectivity index (χ1) is 10.6. The Morgan fingerprint density at radius 2 is 2.04 bits per heavy atom. The maximum atomic E-state index is 12.6. The van der Waals surface area contributed by atoms with Gasteiger partial charge in [0.25, 0.3) is 5.91 Å². The summed E-state index contributed by atoms with van der Waals surface area (Å²) >= 11 is 0. The van der Waals surface area contributed by atoms with Crippen LogP contribution in [0.15, 0.2) is 18.2 Å². The predicted molar refractivity (Wildman–Crippen MR) is 87.3 cm³/mol. The summed E-state index contributed by atoms with van der Waals surface area (Å²) in [5, 5.41) is 2.32. The van der Waals surface area contributed by atoms with Crippen molar-refractivity contribution in [1.29, 1.82) is 0 Å². The summed E-state index contributed by atoms with van der Waals surface area (Å²) < 4.78 is 23.3. The highest BCUT2D eigenvalue weighted by Gasteiger charge is 2.39. The van der Waals surface area contributed by atoms with E-state index in [1.54, 1.807) is 23.1 Å². The fourth-order valence-corrected chi connectivity index (χ4v) is 4.13. The van der Waals surface area contributed by atoms with Crippen LogP contribution in [0, 0.1) is 0 Å². The van der Waals surface area contributed by atoms with Gasteiger partial charge >= 0.3 is 0 Å². The molecule has 124 valence electrons. The smallest absolute Gasteiger partial charge is 0.253 e. The minimum Gasteiger partial charge on any atom is -0.337 e. The zero-order valence-corrected chi connectivity index (χ0v) is 14.2.